The zero-order valence-corrected chi connectivity index (χ0v) is 33.2. The summed E-state index contributed by atoms with van der Waals surface area (Å²) in [6.07, 6.45) is 9.93. The lowest BCUT2D eigenvalue weighted by atomic mass is 9.93. The number of anilines is 2. The molecule has 5 aliphatic rings. The van der Waals surface area contributed by atoms with Crippen molar-refractivity contribution >= 4 is 52.6 Å². The fourth-order valence-corrected chi connectivity index (χ4v) is 9.04. The van der Waals surface area contributed by atoms with Crippen LogP contribution >= 0.6 is 11.6 Å². The Morgan fingerprint density at radius 1 is 0.898 bits per heavy atom. The largest absolute Gasteiger partial charge is 0.490 e. The Bertz CT molecular complexity index is 2180. The van der Waals surface area contributed by atoms with Crippen molar-refractivity contribution in [2.45, 2.75) is 88.4 Å². The van der Waals surface area contributed by atoms with Crippen molar-refractivity contribution < 1.29 is 33.1 Å². The number of likely N-dealkylation sites (tertiary alicyclic amines) is 1. The third-order valence-corrected chi connectivity index (χ3v) is 12.5. The minimum absolute atomic E-state index is 0.00874. The van der Waals surface area contributed by atoms with Crippen LogP contribution in [0.4, 0.5) is 15.9 Å². The van der Waals surface area contributed by atoms with Crippen molar-refractivity contribution in [3.05, 3.63) is 75.9 Å². The molecule has 1 saturated carbocycles. The van der Waals surface area contributed by atoms with Gasteiger partial charge in [0.15, 0.2) is 0 Å². The van der Waals surface area contributed by atoms with Gasteiger partial charge < -0.3 is 25.2 Å². The third kappa shape index (κ3) is 8.86. The molecule has 3 aromatic rings. The number of rotatable bonds is 10. The predicted molar refractivity (Wildman–Crippen MR) is 213 cm³/mol. The van der Waals surface area contributed by atoms with Crippen LogP contribution in [-0.2, 0) is 9.59 Å². The van der Waals surface area contributed by atoms with Crippen LogP contribution in [0.3, 0.4) is 0 Å². The number of halogens is 2. The van der Waals surface area contributed by atoms with Gasteiger partial charge in [-0.15, -0.1) is 0 Å². The average Bonchev–Trinajstić information content (AvgIpc) is 3.47. The summed E-state index contributed by atoms with van der Waals surface area (Å²) in [5, 5.41) is 18.0. The van der Waals surface area contributed by atoms with Crippen molar-refractivity contribution in [2.24, 2.45) is 5.92 Å². The van der Waals surface area contributed by atoms with Gasteiger partial charge in [0, 0.05) is 57.3 Å². The van der Waals surface area contributed by atoms with Crippen molar-refractivity contribution in [3.63, 3.8) is 0 Å². The molecule has 3 N–H and O–H groups in total. The van der Waals surface area contributed by atoms with E-state index in [1.54, 1.807) is 30.6 Å². The minimum Gasteiger partial charge on any atom is -0.490 e. The molecule has 0 radical (unpaired) electrons. The first-order valence-corrected chi connectivity index (χ1v) is 20.7. The topological polar surface area (TPSA) is 190 Å². The number of aromatic nitrogens is 2. The summed E-state index contributed by atoms with van der Waals surface area (Å²) in [5.41, 5.74) is 0.804. The normalized spacial score (nSPS) is 23.1. The molecule has 59 heavy (non-hydrogen) atoms. The number of piperidine rings is 3. The van der Waals surface area contributed by atoms with Gasteiger partial charge in [-0.2, -0.15) is 5.26 Å². The molecule has 2 aromatic carbocycles. The first-order valence-electron chi connectivity index (χ1n) is 20.3. The number of nitriles is 1. The summed E-state index contributed by atoms with van der Waals surface area (Å²) in [5.74, 6) is -1.55. The number of carbonyl (C=O) groups is 5. The Balaban J connectivity index is 0.747. The molecule has 4 aliphatic heterocycles. The molecule has 17 heteroatoms. The van der Waals surface area contributed by atoms with Crippen LogP contribution in [0.15, 0.2) is 42.7 Å². The van der Waals surface area contributed by atoms with E-state index in [1.807, 2.05) is 6.07 Å². The van der Waals surface area contributed by atoms with Crippen LogP contribution in [0.1, 0.15) is 101 Å². The highest BCUT2D eigenvalue weighted by molar-refractivity contribution is 6.31. The van der Waals surface area contributed by atoms with Crippen LogP contribution in [0.2, 0.25) is 5.02 Å². The number of amides is 5. The second kappa shape index (κ2) is 17.3. The molecule has 308 valence electrons. The van der Waals surface area contributed by atoms with Crippen LogP contribution in [0.5, 0.6) is 5.75 Å². The second-order valence-corrected chi connectivity index (χ2v) is 16.5. The van der Waals surface area contributed by atoms with E-state index >= 15 is 4.39 Å². The van der Waals surface area contributed by atoms with Crippen molar-refractivity contribution in [1.29, 1.82) is 5.26 Å². The first-order chi connectivity index (χ1) is 28.5. The quantitative estimate of drug-likeness (QED) is 0.244. The summed E-state index contributed by atoms with van der Waals surface area (Å²) in [6.45, 7) is 4.31. The highest BCUT2D eigenvalue weighted by atomic mass is 35.5. The van der Waals surface area contributed by atoms with E-state index < -0.39 is 35.5 Å². The molecule has 5 heterocycles. The second-order valence-electron chi connectivity index (χ2n) is 16.1. The number of nitrogens with one attached hydrogen (secondary N) is 3. The van der Waals surface area contributed by atoms with Gasteiger partial charge >= 0.3 is 0 Å². The first kappa shape index (κ1) is 40.1. The lowest BCUT2D eigenvalue weighted by molar-refractivity contribution is -0.136. The lowest BCUT2D eigenvalue weighted by Crippen LogP contribution is -2.54. The number of hydrogen-bond acceptors (Lipinski definition) is 12. The number of fused-ring (bicyclic) bond motifs is 1. The molecule has 5 amide bonds. The summed E-state index contributed by atoms with van der Waals surface area (Å²) >= 11 is 6.14. The molecule has 1 aromatic heterocycles. The Morgan fingerprint density at radius 2 is 1.63 bits per heavy atom. The van der Waals surface area contributed by atoms with E-state index in [0.717, 1.165) is 101 Å². The number of imide groups is 2. The molecule has 1 unspecified atom stereocenters. The molecule has 1 atom stereocenters. The number of benzene rings is 2. The van der Waals surface area contributed by atoms with E-state index in [2.05, 4.69) is 35.7 Å². The van der Waals surface area contributed by atoms with Gasteiger partial charge in [-0.25, -0.2) is 14.4 Å². The molecule has 8 rings (SSSR count). The SMILES string of the molecule is N#Cc1ccc(O[C@H]2CC[C@H](NC(=O)c3cnc(N4CCC(CN5CCC(Nc6cc7c(cc6F)C(=O)N(C6CCC(=O)NC6=O)C7=O)CC5)CC4)cn3)CC2)cc1Cl. The van der Waals surface area contributed by atoms with Crippen molar-refractivity contribution in [2.75, 3.05) is 42.9 Å². The van der Waals surface area contributed by atoms with Gasteiger partial charge in [0.2, 0.25) is 11.8 Å². The highest BCUT2D eigenvalue weighted by Gasteiger charge is 2.45. The molecule has 4 fully saturated rings. The third-order valence-electron chi connectivity index (χ3n) is 12.2. The van der Waals surface area contributed by atoms with Gasteiger partial charge in [0.05, 0.1) is 45.9 Å². The molecular formula is C42H45ClFN9O6. The summed E-state index contributed by atoms with van der Waals surface area (Å²) in [4.78, 5) is 77.8. The van der Waals surface area contributed by atoms with E-state index in [1.165, 1.54) is 6.07 Å². The molecular weight excluding hydrogens is 781 g/mol. The van der Waals surface area contributed by atoms with Crippen LogP contribution in [-0.4, -0.2) is 106 Å². The Hall–Kier alpha value is -5.66. The zero-order chi connectivity index (χ0) is 41.2. The molecule has 1 aliphatic carbocycles. The van der Waals surface area contributed by atoms with Gasteiger partial charge in [-0.05, 0) is 88.0 Å². The Morgan fingerprint density at radius 3 is 2.29 bits per heavy atom. The van der Waals surface area contributed by atoms with E-state index in [0.29, 0.717) is 22.3 Å². The van der Waals surface area contributed by atoms with Crippen LogP contribution < -0.4 is 25.6 Å². The fraction of sp³-hybridized carbons (Fsp3) is 0.476. The molecule has 0 bridgehead atoms. The maximum Gasteiger partial charge on any atom is 0.271 e. The van der Waals surface area contributed by atoms with Gasteiger partial charge in [-0.3, -0.25) is 34.2 Å². The highest BCUT2D eigenvalue weighted by Crippen LogP contribution is 2.33. The number of nitrogens with zero attached hydrogens (tertiary/aromatic N) is 6. The summed E-state index contributed by atoms with van der Waals surface area (Å²) < 4.78 is 21.3. The average molecular weight is 826 g/mol. The van der Waals surface area contributed by atoms with Crippen molar-refractivity contribution in [3.8, 4) is 11.8 Å². The van der Waals surface area contributed by atoms with Crippen LogP contribution in [0, 0.1) is 23.1 Å². The van der Waals surface area contributed by atoms with E-state index in [4.69, 9.17) is 21.6 Å². The standard InChI is InChI=1S/C42H45ClFN9O6/c43-32-17-29(4-1-25(32)20-45)59-28-5-2-26(3-6-28)49-39(55)35-21-47-37(22-46-35)52-15-9-24(10-16-52)23-51-13-11-27(12-14-51)48-34-19-31-30(18-33(34)44)41(57)53(42(31)58)36-7-8-38(54)50-40(36)56/h1,4,17-19,21-22,24,26-28,36,48H,2-3,5-16,23H2,(H,49,55)(H,50,54,56)/t26-,28-,36?. The predicted octanol–water partition coefficient (Wildman–Crippen LogP) is 4.45. The Kier molecular flexibility index (Phi) is 11.8. The molecule has 0 spiro atoms. The maximum atomic E-state index is 15.2. The Labute approximate surface area is 345 Å². The number of ether oxygens (including phenoxy) is 1. The monoisotopic (exact) mass is 825 g/mol. The fourth-order valence-electron chi connectivity index (χ4n) is 8.83. The van der Waals surface area contributed by atoms with Gasteiger partial charge in [0.25, 0.3) is 17.7 Å². The smallest absolute Gasteiger partial charge is 0.271 e. The minimum atomic E-state index is -1.11. The number of carbonyl (C=O) groups excluding carboxylic acids is 5. The zero-order valence-electron chi connectivity index (χ0n) is 32.4. The lowest BCUT2D eigenvalue weighted by Gasteiger charge is -2.38. The van der Waals surface area contributed by atoms with Gasteiger partial charge in [-0.1, -0.05) is 11.6 Å². The van der Waals surface area contributed by atoms with Gasteiger partial charge in [0.1, 0.15) is 35.2 Å². The van der Waals surface area contributed by atoms with Crippen LogP contribution in [0.25, 0.3) is 0 Å². The molecule has 15 nitrogen and oxygen atoms in total. The summed E-state index contributed by atoms with van der Waals surface area (Å²) in [6, 6.07) is 8.43. The van der Waals surface area contributed by atoms with E-state index in [9.17, 15) is 24.0 Å². The summed E-state index contributed by atoms with van der Waals surface area (Å²) in [7, 11) is 0. The van der Waals surface area contributed by atoms with E-state index in [-0.39, 0.29) is 59.4 Å². The number of hydrogen-bond donors (Lipinski definition) is 3. The maximum absolute atomic E-state index is 15.2. The van der Waals surface area contributed by atoms with Crippen molar-refractivity contribution in [1.82, 2.24) is 30.4 Å². The molecule has 3 saturated heterocycles.